The van der Waals surface area contributed by atoms with Gasteiger partial charge in [0.05, 0.1) is 5.69 Å². The Morgan fingerprint density at radius 2 is 1.94 bits per heavy atom. The van der Waals surface area contributed by atoms with Gasteiger partial charge in [0.15, 0.2) is 0 Å². The number of carbonyl (C=O) groups is 2. The highest BCUT2D eigenvalue weighted by atomic mass is 79.9. The number of benzene rings is 1. The Labute approximate surface area is 109 Å². The third kappa shape index (κ3) is 4.16. The first-order chi connectivity index (χ1) is 7.49. The van der Waals surface area contributed by atoms with Crippen LogP contribution in [0.4, 0.5) is 5.69 Å². The minimum absolute atomic E-state index is 0.495. The summed E-state index contributed by atoms with van der Waals surface area (Å²) in [6.45, 7) is 0. The summed E-state index contributed by atoms with van der Waals surface area (Å²) in [4.78, 5) is 21.4. The lowest BCUT2D eigenvalue weighted by molar-refractivity contribution is -0.131. The Balaban J connectivity index is 2.73. The molecule has 0 aromatic heterocycles. The van der Waals surface area contributed by atoms with Gasteiger partial charge in [-0.1, -0.05) is 15.9 Å². The SMILES string of the molecule is O=C(O)/C=C/C(=O)Nc1ccc(Br)cc1Br. The average molecular weight is 349 g/mol. The predicted molar refractivity (Wildman–Crippen MR) is 67.2 cm³/mol. The highest BCUT2D eigenvalue weighted by Gasteiger charge is 2.03. The van der Waals surface area contributed by atoms with Crippen LogP contribution in [0, 0.1) is 0 Å². The Kier molecular flexibility index (Phi) is 4.70. The van der Waals surface area contributed by atoms with Gasteiger partial charge in [-0.2, -0.15) is 0 Å². The molecule has 0 fully saturated rings. The fourth-order valence-electron chi connectivity index (χ4n) is 0.912. The maximum atomic E-state index is 11.3. The number of rotatable bonds is 3. The molecule has 0 saturated heterocycles. The molecule has 0 atom stereocenters. The highest BCUT2D eigenvalue weighted by molar-refractivity contribution is 9.11. The van der Waals surface area contributed by atoms with Gasteiger partial charge in [-0.3, -0.25) is 4.79 Å². The number of carboxylic acid groups (broad SMARTS) is 1. The molecule has 0 aliphatic rings. The van der Waals surface area contributed by atoms with Crippen LogP contribution < -0.4 is 5.32 Å². The highest BCUT2D eigenvalue weighted by Crippen LogP contribution is 2.25. The van der Waals surface area contributed by atoms with Crippen molar-refractivity contribution >= 4 is 49.4 Å². The molecule has 0 bridgehead atoms. The number of nitrogens with one attached hydrogen (secondary N) is 1. The van der Waals surface area contributed by atoms with E-state index >= 15 is 0 Å². The van der Waals surface area contributed by atoms with Gasteiger partial charge in [-0.15, -0.1) is 0 Å². The van der Waals surface area contributed by atoms with Crippen LogP contribution >= 0.6 is 31.9 Å². The molecule has 16 heavy (non-hydrogen) atoms. The summed E-state index contributed by atoms with van der Waals surface area (Å²) in [5, 5.41) is 10.9. The van der Waals surface area contributed by atoms with E-state index in [1.54, 1.807) is 18.2 Å². The van der Waals surface area contributed by atoms with Crippen molar-refractivity contribution in [2.24, 2.45) is 0 Å². The molecule has 0 heterocycles. The fourth-order valence-corrected chi connectivity index (χ4v) is 2.06. The maximum Gasteiger partial charge on any atom is 0.328 e. The number of hydrogen-bond acceptors (Lipinski definition) is 2. The standard InChI is InChI=1S/C10H7Br2NO3/c11-6-1-2-8(7(12)5-6)13-9(14)3-4-10(15)16/h1-5H,(H,13,14)(H,15,16)/b4-3+. The average Bonchev–Trinajstić information content (AvgIpc) is 2.19. The van der Waals surface area contributed by atoms with Crippen molar-refractivity contribution in [3.8, 4) is 0 Å². The zero-order chi connectivity index (χ0) is 12.1. The lowest BCUT2D eigenvalue weighted by atomic mass is 10.3. The minimum atomic E-state index is -1.16. The molecule has 1 amide bonds. The summed E-state index contributed by atoms with van der Waals surface area (Å²) in [5.41, 5.74) is 0.572. The summed E-state index contributed by atoms with van der Waals surface area (Å²) < 4.78 is 1.58. The van der Waals surface area contributed by atoms with E-state index in [1.807, 2.05) is 0 Å². The first-order valence-electron chi connectivity index (χ1n) is 4.16. The molecule has 2 N–H and O–H groups in total. The molecule has 1 aromatic rings. The smallest absolute Gasteiger partial charge is 0.328 e. The second-order valence-corrected chi connectivity index (χ2v) is 4.56. The van der Waals surface area contributed by atoms with Gasteiger partial charge in [0.1, 0.15) is 0 Å². The lowest BCUT2D eigenvalue weighted by Gasteiger charge is -2.04. The molecular weight excluding hydrogens is 342 g/mol. The van der Waals surface area contributed by atoms with Gasteiger partial charge < -0.3 is 10.4 Å². The number of hydrogen-bond donors (Lipinski definition) is 2. The van der Waals surface area contributed by atoms with E-state index in [-0.39, 0.29) is 0 Å². The Morgan fingerprint density at radius 1 is 1.25 bits per heavy atom. The van der Waals surface area contributed by atoms with Crippen molar-refractivity contribution in [2.45, 2.75) is 0 Å². The summed E-state index contributed by atoms with van der Waals surface area (Å²) in [7, 11) is 0. The minimum Gasteiger partial charge on any atom is -0.478 e. The van der Waals surface area contributed by atoms with E-state index in [1.165, 1.54) is 0 Å². The molecule has 4 nitrogen and oxygen atoms in total. The van der Waals surface area contributed by atoms with Crippen LogP contribution in [0.5, 0.6) is 0 Å². The second kappa shape index (κ2) is 5.81. The summed E-state index contributed by atoms with van der Waals surface area (Å²) in [6.07, 6.45) is 1.74. The summed E-state index contributed by atoms with van der Waals surface area (Å²) in [6, 6.07) is 5.23. The third-order valence-electron chi connectivity index (χ3n) is 1.57. The quantitative estimate of drug-likeness (QED) is 0.825. The van der Waals surface area contributed by atoms with E-state index in [4.69, 9.17) is 5.11 Å². The van der Waals surface area contributed by atoms with Gasteiger partial charge >= 0.3 is 5.97 Å². The van der Waals surface area contributed by atoms with Gasteiger partial charge in [-0.05, 0) is 34.1 Å². The third-order valence-corrected chi connectivity index (χ3v) is 2.72. The van der Waals surface area contributed by atoms with Crippen LogP contribution in [0.15, 0.2) is 39.3 Å². The van der Waals surface area contributed by atoms with E-state index in [0.717, 1.165) is 16.6 Å². The van der Waals surface area contributed by atoms with Crippen LogP contribution in [0.1, 0.15) is 0 Å². The zero-order valence-electron chi connectivity index (χ0n) is 7.91. The van der Waals surface area contributed by atoms with Gasteiger partial charge in [0.2, 0.25) is 5.91 Å². The fraction of sp³-hybridized carbons (Fsp3) is 0. The van der Waals surface area contributed by atoms with Crippen molar-refractivity contribution in [3.63, 3.8) is 0 Å². The second-order valence-electron chi connectivity index (χ2n) is 2.78. The molecule has 0 spiro atoms. The number of aliphatic carboxylic acids is 1. The molecule has 0 aliphatic heterocycles. The zero-order valence-corrected chi connectivity index (χ0v) is 11.1. The van der Waals surface area contributed by atoms with Crippen molar-refractivity contribution in [1.29, 1.82) is 0 Å². The number of amides is 1. The Hall–Kier alpha value is -1.14. The van der Waals surface area contributed by atoms with Gasteiger partial charge in [-0.25, -0.2) is 4.79 Å². The van der Waals surface area contributed by atoms with Crippen molar-refractivity contribution < 1.29 is 14.7 Å². The largest absolute Gasteiger partial charge is 0.478 e. The number of carboxylic acids is 1. The van der Waals surface area contributed by atoms with Crippen molar-refractivity contribution in [1.82, 2.24) is 0 Å². The monoisotopic (exact) mass is 347 g/mol. The number of anilines is 1. The molecule has 0 unspecified atom stereocenters. The van der Waals surface area contributed by atoms with Crippen molar-refractivity contribution in [3.05, 3.63) is 39.3 Å². The maximum absolute atomic E-state index is 11.3. The van der Waals surface area contributed by atoms with E-state index in [9.17, 15) is 9.59 Å². The number of carbonyl (C=O) groups excluding carboxylic acids is 1. The van der Waals surface area contributed by atoms with Crippen LogP contribution in [-0.4, -0.2) is 17.0 Å². The first-order valence-corrected chi connectivity index (χ1v) is 5.74. The topological polar surface area (TPSA) is 66.4 Å². The Bertz CT molecular complexity index is 457. The molecule has 84 valence electrons. The molecule has 1 aromatic carbocycles. The van der Waals surface area contributed by atoms with Crippen LogP contribution in [0.25, 0.3) is 0 Å². The van der Waals surface area contributed by atoms with Gasteiger partial charge in [0.25, 0.3) is 0 Å². The molecular formula is C10H7Br2NO3. The normalized spacial score (nSPS) is 10.4. The van der Waals surface area contributed by atoms with E-state index < -0.39 is 11.9 Å². The van der Waals surface area contributed by atoms with E-state index in [2.05, 4.69) is 37.2 Å². The summed E-state index contributed by atoms with van der Waals surface area (Å²) in [5.74, 6) is -1.66. The van der Waals surface area contributed by atoms with Crippen LogP contribution in [0.2, 0.25) is 0 Å². The molecule has 6 heteroatoms. The van der Waals surface area contributed by atoms with Gasteiger partial charge in [0, 0.05) is 21.1 Å². The van der Waals surface area contributed by atoms with Crippen LogP contribution in [0.3, 0.4) is 0 Å². The molecule has 0 radical (unpaired) electrons. The van der Waals surface area contributed by atoms with E-state index in [0.29, 0.717) is 10.2 Å². The van der Waals surface area contributed by atoms with Crippen molar-refractivity contribution in [2.75, 3.05) is 5.32 Å². The molecule has 0 saturated carbocycles. The Morgan fingerprint density at radius 3 is 2.50 bits per heavy atom. The first kappa shape index (κ1) is 12.9. The summed E-state index contributed by atoms with van der Waals surface area (Å²) >= 11 is 6.55. The van der Waals surface area contributed by atoms with Crippen LogP contribution in [-0.2, 0) is 9.59 Å². The molecule has 1 rings (SSSR count). The molecule has 0 aliphatic carbocycles. The number of halogens is 2. The lowest BCUT2D eigenvalue weighted by Crippen LogP contribution is -2.09. The predicted octanol–water partition coefficient (Wildman–Crippen LogP) is 2.79.